The Morgan fingerprint density at radius 2 is 1.74 bits per heavy atom. The Morgan fingerprint density at radius 3 is 2.58 bits per heavy atom. The van der Waals surface area contributed by atoms with Gasteiger partial charge in [-0.2, -0.15) is 0 Å². The first-order valence-corrected chi connectivity index (χ1v) is 6.52. The van der Waals surface area contributed by atoms with E-state index in [9.17, 15) is 4.79 Å². The van der Waals surface area contributed by atoms with E-state index >= 15 is 0 Å². The summed E-state index contributed by atoms with van der Waals surface area (Å²) in [4.78, 5) is 11.8. The lowest BCUT2D eigenvalue weighted by Crippen LogP contribution is -2.32. The first kappa shape index (κ1) is 11.9. The van der Waals surface area contributed by atoms with Crippen molar-refractivity contribution in [2.45, 2.75) is 12.6 Å². The van der Waals surface area contributed by atoms with Gasteiger partial charge in [0.1, 0.15) is 6.17 Å². The van der Waals surface area contributed by atoms with Crippen molar-refractivity contribution in [3.8, 4) is 0 Å². The van der Waals surface area contributed by atoms with Crippen molar-refractivity contribution in [1.82, 2.24) is 10.6 Å². The fraction of sp³-hybridized carbons (Fsp3) is 0.188. The van der Waals surface area contributed by atoms with Gasteiger partial charge in [-0.3, -0.25) is 10.1 Å². The highest BCUT2D eigenvalue weighted by molar-refractivity contribution is 5.99. The summed E-state index contributed by atoms with van der Waals surface area (Å²) in [5, 5.41) is 6.34. The van der Waals surface area contributed by atoms with E-state index in [0.29, 0.717) is 0 Å². The summed E-state index contributed by atoms with van der Waals surface area (Å²) in [6.45, 7) is 0.837. The highest BCUT2D eigenvalue weighted by Crippen LogP contribution is 2.22. The van der Waals surface area contributed by atoms with Crippen LogP contribution in [-0.4, -0.2) is 12.5 Å². The molecule has 0 saturated heterocycles. The molecule has 0 saturated carbocycles. The molecule has 0 spiro atoms. The molecule has 0 aliphatic carbocycles. The molecule has 0 fully saturated rings. The van der Waals surface area contributed by atoms with E-state index in [4.69, 9.17) is 0 Å². The second kappa shape index (κ2) is 5.24. The van der Waals surface area contributed by atoms with E-state index < -0.39 is 0 Å². The Morgan fingerprint density at radius 1 is 1.00 bits per heavy atom. The minimum Gasteiger partial charge on any atom is -0.333 e. The average molecular weight is 252 g/mol. The molecule has 2 N–H and O–H groups in total. The molecule has 1 aliphatic heterocycles. The molecule has 1 atom stereocenters. The number of carbonyl (C=O) groups is 1. The van der Waals surface area contributed by atoms with Gasteiger partial charge in [0.05, 0.1) is 0 Å². The zero-order chi connectivity index (χ0) is 13.1. The lowest BCUT2D eigenvalue weighted by Gasteiger charge is -2.13. The summed E-state index contributed by atoms with van der Waals surface area (Å²) in [6, 6.07) is 18.0. The zero-order valence-corrected chi connectivity index (χ0v) is 10.6. The Hall–Kier alpha value is -2.13. The van der Waals surface area contributed by atoms with Crippen molar-refractivity contribution in [2.75, 3.05) is 6.54 Å². The van der Waals surface area contributed by atoms with Crippen LogP contribution in [0.1, 0.15) is 27.7 Å². The second-order valence-electron chi connectivity index (χ2n) is 4.68. The van der Waals surface area contributed by atoms with Crippen LogP contribution in [0.2, 0.25) is 0 Å². The van der Waals surface area contributed by atoms with Gasteiger partial charge in [-0.05, 0) is 18.1 Å². The fourth-order valence-corrected chi connectivity index (χ4v) is 2.41. The van der Waals surface area contributed by atoms with E-state index in [-0.39, 0.29) is 12.1 Å². The van der Waals surface area contributed by atoms with Gasteiger partial charge in [0.15, 0.2) is 0 Å². The van der Waals surface area contributed by atoms with Crippen LogP contribution >= 0.6 is 0 Å². The number of rotatable bonds is 4. The molecule has 3 rings (SSSR count). The van der Waals surface area contributed by atoms with Gasteiger partial charge < -0.3 is 5.32 Å². The van der Waals surface area contributed by atoms with Crippen molar-refractivity contribution >= 4 is 5.91 Å². The average Bonchev–Trinajstić information content (AvgIpc) is 2.78. The standard InChI is InChI=1S/C16H16N2O/c19-16-14-9-5-4-8-13(14)15(18-16)17-11-10-12-6-2-1-3-7-12/h1-9,15,17H,10-11H2,(H,18,19). The molecule has 0 bridgehead atoms. The summed E-state index contributed by atoms with van der Waals surface area (Å²) in [5.74, 6) is 0.00723. The third-order valence-corrected chi connectivity index (χ3v) is 3.40. The number of nitrogens with one attached hydrogen (secondary N) is 2. The van der Waals surface area contributed by atoms with Crippen LogP contribution in [0.3, 0.4) is 0 Å². The Balaban J connectivity index is 1.62. The minimum absolute atomic E-state index is 0.00723. The van der Waals surface area contributed by atoms with Crippen molar-refractivity contribution < 1.29 is 4.79 Å². The molecule has 1 unspecified atom stereocenters. The van der Waals surface area contributed by atoms with E-state index in [2.05, 4.69) is 22.8 Å². The van der Waals surface area contributed by atoms with E-state index in [1.807, 2.05) is 42.5 Å². The lowest BCUT2D eigenvalue weighted by molar-refractivity contribution is 0.0951. The maximum atomic E-state index is 11.8. The summed E-state index contributed by atoms with van der Waals surface area (Å²) < 4.78 is 0. The maximum Gasteiger partial charge on any atom is 0.253 e. The third-order valence-electron chi connectivity index (χ3n) is 3.40. The van der Waals surface area contributed by atoms with Gasteiger partial charge in [0.25, 0.3) is 5.91 Å². The SMILES string of the molecule is O=C1NC(NCCc2ccccc2)c2ccccc21. The molecule has 1 heterocycles. The van der Waals surface area contributed by atoms with Crippen molar-refractivity contribution in [3.05, 3.63) is 71.3 Å². The molecular weight excluding hydrogens is 236 g/mol. The molecule has 0 aromatic heterocycles. The predicted molar refractivity (Wildman–Crippen MR) is 74.8 cm³/mol. The number of hydrogen-bond donors (Lipinski definition) is 2. The van der Waals surface area contributed by atoms with Crippen LogP contribution in [0.4, 0.5) is 0 Å². The first-order chi connectivity index (χ1) is 9.34. The van der Waals surface area contributed by atoms with E-state index in [1.54, 1.807) is 0 Å². The molecule has 2 aromatic carbocycles. The Labute approximate surface area is 112 Å². The highest BCUT2D eigenvalue weighted by Gasteiger charge is 2.26. The fourth-order valence-electron chi connectivity index (χ4n) is 2.41. The van der Waals surface area contributed by atoms with Gasteiger partial charge in [0.2, 0.25) is 0 Å². The maximum absolute atomic E-state index is 11.8. The molecule has 2 aromatic rings. The molecule has 1 aliphatic rings. The van der Waals surface area contributed by atoms with Crippen molar-refractivity contribution in [1.29, 1.82) is 0 Å². The largest absolute Gasteiger partial charge is 0.333 e. The summed E-state index contributed by atoms with van der Waals surface area (Å²) in [5.41, 5.74) is 3.12. The molecule has 3 nitrogen and oxygen atoms in total. The van der Waals surface area contributed by atoms with Gasteiger partial charge in [-0.1, -0.05) is 48.5 Å². The van der Waals surface area contributed by atoms with E-state index in [1.165, 1.54) is 5.56 Å². The molecule has 1 amide bonds. The summed E-state index contributed by atoms with van der Waals surface area (Å²) >= 11 is 0. The molecule has 96 valence electrons. The van der Waals surface area contributed by atoms with Crippen LogP contribution in [0.5, 0.6) is 0 Å². The smallest absolute Gasteiger partial charge is 0.253 e. The topological polar surface area (TPSA) is 41.1 Å². The predicted octanol–water partition coefficient (Wildman–Crippen LogP) is 2.26. The molecule has 0 radical (unpaired) electrons. The number of amides is 1. The summed E-state index contributed by atoms with van der Waals surface area (Å²) in [7, 11) is 0. The van der Waals surface area contributed by atoms with Crippen LogP contribution in [-0.2, 0) is 6.42 Å². The minimum atomic E-state index is -0.0626. The Bertz CT molecular complexity index is 580. The number of fused-ring (bicyclic) bond motifs is 1. The number of carbonyl (C=O) groups excluding carboxylic acids is 1. The van der Waals surface area contributed by atoms with Gasteiger partial charge in [-0.25, -0.2) is 0 Å². The molecular formula is C16H16N2O. The highest BCUT2D eigenvalue weighted by atomic mass is 16.2. The molecule has 19 heavy (non-hydrogen) atoms. The van der Waals surface area contributed by atoms with E-state index in [0.717, 1.165) is 24.1 Å². The lowest BCUT2D eigenvalue weighted by atomic mass is 10.1. The second-order valence-corrected chi connectivity index (χ2v) is 4.68. The Kier molecular flexibility index (Phi) is 3.29. The zero-order valence-electron chi connectivity index (χ0n) is 10.6. The van der Waals surface area contributed by atoms with Crippen molar-refractivity contribution in [3.63, 3.8) is 0 Å². The van der Waals surface area contributed by atoms with Crippen LogP contribution in [0.15, 0.2) is 54.6 Å². The number of hydrogen-bond acceptors (Lipinski definition) is 2. The van der Waals surface area contributed by atoms with Gasteiger partial charge in [-0.15, -0.1) is 0 Å². The van der Waals surface area contributed by atoms with Gasteiger partial charge >= 0.3 is 0 Å². The van der Waals surface area contributed by atoms with Crippen molar-refractivity contribution in [2.24, 2.45) is 0 Å². The van der Waals surface area contributed by atoms with Gasteiger partial charge in [0, 0.05) is 17.7 Å². The first-order valence-electron chi connectivity index (χ1n) is 6.52. The van der Waals surface area contributed by atoms with Crippen LogP contribution in [0.25, 0.3) is 0 Å². The monoisotopic (exact) mass is 252 g/mol. The third kappa shape index (κ3) is 2.51. The summed E-state index contributed by atoms with van der Waals surface area (Å²) in [6.07, 6.45) is 0.891. The van der Waals surface area contributed by atoms with Crippen LogP contribution < -0.4 is 10.6 Å². The number of benzene rings is 2. The molecule has 3 heteroatoms. The quantitative estimate of drug-likeness (QED) is 0.876. The van der Waals surface area contributed by atoms with Crippen LogP contribution in [0, 0.1) is 0 Å². The normalized spacial score (nSPS) is 17.1.